The van der Waals surface area contributed by atoms with Gasteiger partial charge in [0.15, 0.2) is 12.6 Å². The molecule has 0 fully saturated rings. The van der Waals surface area contributed by atoms with E-state index in [0.717, 1.165) is 0 Å². The van der Waals surface area contributed by atoms with E-state index >= 15 is 0 Å². The van der Waals surface area contributed by atoms with Crippen LogP contribution in [-0.2, 0) is 0 Å². The van der Waals surface area contributed by atoms with E-state index in [4.69, 9.17) is 0 Å². The Morgan fingerprint density at radius 2 is 1.33 bits per heavy atom. The summed E-state index contributed by atoms with van der Waals surface area (Å²) in [5, 5.41) is 13.1. The van der Waals surface area contributed by atoms with Gasteiger partial charge < -0.3 is 0 Å². The van der Waals surface area contributed by atoms with Crippen molar-refractivity contribution in [3.05, 3.63) is 63.7 Å². The molecule has 3 rings (SSSR count). The number of aldehydes is 2. The third-order valence-electron chi connectivity index (χ3n) is 3.54. The van der Waals surface area contributed by atoms with E-state index in [-0.39, 0.29) is 5.69 Å². The fourth-order valence-electron chi connectivity index (χ4n) is 2.60. The molecule has 0 bridgehead atoms. The first-order valence-corrected chi connectivity index (χ1v) is 6.20. The highest BCUT2D eigenvalue weighted by atomic mass is 16.6. The summed E-state index contributed by atoms with van der Waals surface area (Å²) in [6.45, 7) is 0. The maximum atomic E-state index is 11.5. The molecular formula is C16H9NO4. The van der Waals surface area contributed by atoms with Crippen molar-refractivity contribution in [1.82, 2.24) is 0 Å². The number of benzene rings is 3. The van der Waals surface area contributed by atoms with Crippen LogP contribution in [0, 0.1) is 10.1 Å². The van der Waals surface area contributed by atoms with Crippen molar-refractivity contribution in [2.24, 2.45) is 0 Å². The van der Waals surface area contributed by atoms with Crippen molar-refractivity contribution in [1.29, 1.82) is 0 Å². The minimum atomic E-state index is -0.524. The molecular weight excluding hydrogens is 270 g/mol. The van der Waals surface area contributed by atoms with Gasteiger partial charge in [-0.15, -0.1) is 0 Å². The van der Waals surface area contributed by atoms with Crippen LogP contribution < -0.4 is 0 Å². The first-order valence-electron chi connectivity index (χ1n) is 6.20. The number of carbonyl (C=O) groups is 2. The zero-order valence-electron chi connectivity index (χ0n) is 10.8. The normalized spacial score (nSPS) is 10.7. The molecule has 21 heavy (non-hydrogen) atoms. The molecule has 0 radical (unpaired) electrons. The molecule has 0 atom stereocenters. The van der Waals surface area contributed by atoms with Crippen LogP contribution in [-0.4, -0.2) is 17.5 Å². The number of carbonyl (C=O) groups excluding carboxylic acids is 2. The Hall–Kier alpha value is -3.08. The lowest BCUT2D eigenvalue weighted by molar-refractivity contribution is -0.384. The summed E-state index contributed by atoms with van der Waals surface area (Å²) in [5.74, 6) is 0. The molecule has 0 spiro atoms. The SMILES string of the molecule is O=Cc1c2ccccc2c(C=O)c2cc([N+](=O)[O-])ccc12. The maximum absolute atomic E-state index is 11.5. The van der Waals surface area contributed by atoms with Crippen molar-refractivity contribution < 1.29 is 14.5 Å². The van der Waals surface area contributed by atoms with Crippen LogP contribution in [0.2, 0.25) is 0 Å². The minimum Gasteiger partial charge on any atom is -0.298 e. The Balaban J connectivity index is 2.60. The second-order valence-electron chi connectivity index (χ2n) is 4.60. The van der Waals surface area contributed by atoms with Gasteiger partial charge in [0.25, 0.3) is 5.69 Å². The largest absolute Gasteiger partial charge is 0.298 e. The highest BCUT2D eigenvalue weighted by Crippen LogP contribution is 2.33. The zero-order valence-corrected chi connectivity index (χ0v) is 10.8. The van der Waals surface area contributed by atoms with Gasteiger partial charge in [0.1, 0.15) is 0 Å². The average Bonchev–Trinajstić information content (AvgIpc) is 2.51. The van der Waals surface area contributed by atoms with Gasteiger partial charge in [-0.2, -0.15) is 0 Å². The Kier molecular flexibility index (Phi) is 2.95. The molecule has 0 heterocycles. The molecule has 0 saturated heterocycles. The number of nitrogens with zero attached hydrogens (tertiary/aromatic N) is 1. The summed E-state index contributed by atoms with van der Waals surface area (Å²) in [6.07, 6.45) is 1.38. The predicted molar refractivity (Wildman–Crippen MR) is 78.9 cm³/mol. The van der Waals surface area contributed by atoms with Gasteiger partial charge in [-0.3, -0.25) is 19.7 Å². The fourth-order valence-corrected chi connectivity index (χ4v) is 2.60. The van der Waals surface area contributed by atoms with Crippen LogP contribution in [0.5, 0.6) is 0 Å². The summed E-state index contributed by atoms with van der Waals surface area (Å²) < 4.78 is 0. The molecule has 3 aromatic rings. The number of non-ortho nitro benzene ring substituents is 1. The van der Waals surface area contributed by atoms with Crippen molar-refractivity contribution in [2.45, 2.75) is 0 Å². The van der Waals surface area contributed by atoms with Crippen LogP contribution in [0.15, 0.2) is 42.5 Å². The van der Waals surface area contributed by atoms with Gasteiger partial charge in [0.05, 0.1) is 4.92 Å². The Morgan fingerprint density at radius 3 is 1.86 bits per heavy atom. The fraction of sp³-hybridized carbons (Fsp3) is 0. The second kappa shape index (κ2) is 4.79. The van der Waals surface area contributed by atoms with E-state index in [1.807, 2.05) is 0 Å². The summed E-state index contributed by atoms with van der Waals surface area (Å²) in [5.41, 5.74) is 0.675. The number of hydrogen-bond donors (Lipinski definition) is 0. The van der Waals surface area contributed by atoms with Gasteiger partial charge in [-0.05, 0) is 22.2 Å². The van der Waals surface area contributed by atoms with Crippen molar-refractivity contribution >= 4 is 39.8 Å². The number of nitro groups is 1. The summed E-state index contributed by atoms with van der Waals surface area (Å²) in [4.78, 5) is 33.3. The lowest BCUT2D eigenvalue weighted by atomic mass is 9.92. The Bertz CT molecular complexity index is 915. The molecule has 0 amide bonds. The van der Waals surface area contributed by atoms with E-state index in [1.54, 1.807) is 24.3 Å². The number of hydrogen-bond acceptors (Lipinski definition) is 4. The number of rotatable bonds is 3. The van der Waals surface area contributed by atoms with Crippen LogP contribution in [0.4, 0.5) is 5.69 Å². The molecule has 5 heteroatoms. The summed E-state index contributed by atoms with van der Waals surface area (Å²) in [6, 6.07) is 11.2. The topological polar surface area (TPSA) is 77.3 Å². The van der Waals surface area contributed by atoms with Crippen LogP contribution in [0.1, 0.15) is 20.7 Å². The summed E-state index contributed by atoms with van der Waals surface area (Å²) >= 11 is 0. The monoisotopic (exact) mass is 279 g/mol. The van der Waals surface area contributed by atoms with E-state index in [2.05, 4.69) is 0 Å². The van der Waals surface area contributed by atoms with Gasteiger partial charge in [0.2, 0.25) is 0 Å². The van der Waals surface area contributed by atoms with E-state index in [0.29, 0.717) is 45.2 Å². The molecule has 0 aliphatic heterocycles. The molecule has 5 nitrogen and oxygen atoms in total. The van der Waals surface area contributed by atoms with Crippen molar-refractivity contribution in [2.75, 3.05) is 0 Å². The third-order valence-corrected chi connectivity index (χ3v) is 3.54. The zero-order chi connectivity index (χ0) is 15.0. The van der Waals surface area contributed by atoms with Gasteiger partial charge >= 0.3 is 0 Å². The lowest BCUT2D eigenvalue weighted by Crippen LogP contribution is -1.95. The minimum absolute atomic E-state index is 0.113. The highest BCUT2D eigenvalue weighted by Gasteiger charge is 2.16. The quantitative estimate of drug-likeness (QED) is 0.318. The van der Waals surface area contributed by atoms with E-state index < -0.39 is 4.92 Å². The second-order valence-corrected chi connectivity index (χ2v) is 4.60. The first-order chi connectivity index (χ1) is 10.2. The van der Waals surface area contributed by atoms with Crippen LogP contribution in [0.3, 0.4) is 0 Å². The standard InChI is InChI=1S/C16H9NO4/c18-8-15-11-3-1-2-4-12(11)16(9-19)14-7-10(17(20)21)5-6-13(14)15/h1-9H. The Labute approximate surface area is 119 Å². The van der Waals surface area contributed by atoms with Gasteiger partial charge in [-0.25, -0.2) is 0 Å². The molecule has 0 saturated carbocycles. The molecule has 0 aromatic heterocycles. The van der Waals surface area contributed by atoms with Crippen LogP contribution >= 0.6 is 0 Å². The Morgan fingerprint density at radius 1 is 0.810 bits per heavy atom. The van der Waals surface area contributed by atoms with Gasteiger partial charge in [-0.1, -0.05) is 24.3 Å². The van der Waals surface area contributed by atoms with E-state index in [1.165, 1.54) is 18.2 Å². The first kappa shape index (κ1) is 12.9. The molecule has 3 aromatic carbocycles. The van der Waals surface area contributed by atoms with Gasteiger partial charge in [0, 0.05) is 28.6 Å². The molecule has 0 aliphatic rings. The van der Waals surface area contributed by atoms with E-state index in [9.17, 15) is 19.7 Å². The number of nitro benzene ring substituents is 1. The lowest BCUT2D eigenvalue weighted by Gasteiger charge is -2.10. The molecule has 0 N–H and O–H groups in total. The summed E-state index contributed by atoms with van der Waals surface area (Å²) in [7, 11) is 0. The maximum Gasteiger partial charge on any atom is 0.270 e. The molecule has 0 aliphatic carbocycles. The molecule has 0 unspecified atom stereocenters. The highest BCUT2D eigenvalue weighted by molar-refractivity contribution is 6.20. The average molecular weight is 279 g/mol. The van der Waals surface area contributed by atoms with Crippen LogP contribution in [0.25, 0.3) is 21.5 Å². The number of fused-ring (bicyclic) bond motifs is 2. The predicted octanol–water partition coefficient (Wildman–Crippen LogP) is 3.53. The van der Waals surface area contributed by atoms with Crippen molar-refractivity contribution in [3.8, 4) is 0 Å². The third kappa shape index (κ3) is 1.87. The molecule has 102 valence electrons. The van der Waals surface area contributed by atoms with Crippen molar-refractivity contribution in [3.63, 3.8) is 0 Å². The smallest absolute Gasteiger partial charge is 0.270 e.